The Morgan fingerprint density at radius 1 is 1.29 bits per heavy atom. The van der Waals surface area contributed by atoms with Gasteiger partial charge in [-0.1, -0.05) is 11.6 Å². The molecule has 2 amide bonds. The average molecular weight is 308 g/mol. The molecule has 0 spiro atoms. The maximum absolute atomic E-state index is 12.3. The van der Waals surface area contributed by atoms with Gasteiger partial charge in [-0.3, -0.25) is 9.59 Å². The molecule has 2 saturated heterocycles. The van der Waals surface area contributed by atoms with Crippen LogP contribution in [0.15, 0.2) is 18.2 Å². The minimum atomic E-state index is -0.179. The van der Waals surface area contributed by atoms with E-state index in [2.05, 4.69) is 16.0 Å². The molecule has 3 N–H and O–H groups in total. The van der Waals surface area contributed by atoms with Crippen molar-refractivity contribution < 1.29 is 9.59 Å². The molecule has 1 aromatic rings. The van der Waals surface area contributed by atoms with E-state index in [0.717, 1.165) is 12.8 Å². The lowest BCUT2D eigenvalue weighted by molar-refractivity contribution is -0.120. The van der Waals surface area contributed by atoms with Crippen LogP contribution in [0.5, 0.6) is 0 Å². The minimum absolute atomic E-state index is 0.0394. The quantitative estimate of drug-likeness (QED) is 0.803. The molecule has 0 aliphatic carbocycles. The number of halogens is 1. The van der Waals surface area contributed by atoms with Gasteiger partial charge in [-0.15, -0.1) is 0 Å². The second-order valence-corrected chi connectivity index (χ2v) is 6.16. The van der Waals surface area contributed by atoms with Crippen molar-refractivity contribution in [3.05, 3.63) is 23.2 Å². The van der Waals surface area contributed by atoms with Crippen molar-refractivity contribution in [1.29, 1.82) is 0 Å². The molecule has 3 atom stereocenters. The van der Waals surface area contributed by atoms with E-state index >= 15 is 0 Å². The van der Waals surface area contributed by atoms with E-state index in [-0.39, 0.29) is 17.7 Å². The first-order valence-corrected chi connectivity index (χ1v) is 7.55. The van der Waals surface area contributed by atoms with Crippen LogP contribution in [-0.2, 0) is 9.59 Å². The van der Waals surface area contributed by atoms with Crippen LogP contribution in [0.4, 0.5) is 11.4 Å². The van der Waals surface area contributed by atoms with Gasteiger partial charge >= 0.3 is 0 Å². The lowest BCUT2D eigenvalue weighted by Gasteiger charge is -2.19. The van der Waals surface area contributed by atoms with Crippen molar-refractivity contribution >= 4 is 34.8 Å². The molecule has 3 unspecified atom stereocenters. The molecule has 2 aliphatic rings. The normalized spacial score (nSPS) is 26.7. The Hall–Kier alpha value is -1.59. The fraction of sp³-hybridized carbons (Fsp3) is 0.467. The number of carbonyl (C=O) groups is 2. The summed E-state index contributed by atoms with van der Waals surface area (Å²) in [5.41, 5.74) is 1.20. The lowest BCUT2D eigenvalue weighted by Crippen LogP contribution is -2.32. The van der Waals surface area contributed by atoms with Gasteiger partial charge in [0.05, 0.1) is 16.6 Å². The first kappa shape index (κ1) is 14.4. The Morgan fingerprint density at radius 2 is 2.10 bits per heavy atom. The SMILES string of the molecule is CC(=O)Nc1ccc(NC(=O)C2CC3CCC2N3)cc1Cl. The van der Waals surface area contributed by atoms with Crippen LogP contribution >= 0.6 is 11.6 Å². The van der Waals surface area contributed by atoms with Gasteiger partial charge in [0.15, 0.2) is 0 Å². The Morgan fingerprint density at radius 3 is 2.67 bits per heavy atom. The lowest BCUT2D eigenvalue weighted by atomic mass is 9.88. The molecule has 5 nitrogen and oxygen atoms in total. The number of hydrogen-bond acceptors (Lipinski definition) is 3. The highest BCUT2D eigenvalue weighted by Crippen LogP contribution is 2.34. The van der Waals surface area contributed by atoms with Crippen LogP contribution in [0, 0.1) is 5.92 Å². The molecule has 6 heteroatoms. The molecule has 0 saturated carbocycles. The maximum atomic E-state index is 12.3. The molecule has 0 aromatic heterocycles. The molecule has 2 bridgehead atoms. The Labute approximate surface area is 128 Å². The summed E-state index contributed by atoms with van der Waals surface area (Å²) < 4.78 is 0. The van der Waals surface area contributed by atoms with Gasteiger partial charge in [0, 0.05) is 24.7 Å². The number of hydrogen-bond donors (Lipinski definition) is 3. The smallest absolute Gasteiger partial charge is 0.229 e. The second-order valence-electron chi connectivity index (χ2n) is 5.75. The van der Waals surface area contributed by atoms with Crippen molar-refractivity contribution in [2.75, 3.05) is 10.6 Å². The van der Waals surface area contributed by atoms with E-state index in [1.807, 2.05) is 0 Å². The van der Waals surface area contributed by atoms with Gasteiger partial charge in [0.1, 0.15) is 0 Å². The van der Waals surface area contributed by atoms with E-state index < -0.39 is 0 Å². The summed E-state index contributed by atoms with van der Waals surface area (Å²) in [5.74, 6) is -0.0997. The first-order valence-electron chi connectivity index (χ1n) is 7.17. The summed E-state index contributed by atoms with van der Waals surface area (Å²) in [6, 6.07) is 5.90. The fourth-order valence-electron chi connectivity index (χ4n) is 3.23. The van der Waals surface area contributed by atoms with E-state index in [0.29, 0.717) is 28.5 Å². The van der Waals surface area contributed by atoms with Crippen LogP contribution in [0.3, 0.4) is 0 Å². The van der Waals surface area contributed by atoms with Crippen LogP contribution in [0.25, 0.3) is 0 Å². The molecule has 0 radical (unpaired) electrons. The maximum Gasteiger partial charge on any atom is 0.229 e. The standard InChI is InChI=1S/C15H18ClN3O2/c1-8(20)17-14-5-3-10(7-12(14)16)19-15(21)11-6-9-2-4-13(11)18-9/h3,5,7,9,11,13,18H,2,4,6H2,1H3,(H,17,20)(H,19,21). The third kappa shape index (κ3) is 3.04. The summed E-state index contributed by atoms with van der Waals surface area (Å²) >= 11 is 6.10. The van der Waals surface area contributed by atoms with Gasteiger partial charge in [-0.05, 0) is 37.5 Å². The molecule has 1 aromatic carbocycles. The van der Waals surface area contributed by atoms with Crippen LogP contribution in [-0.4, -0.2) is 23.9 Å². The van der Waals surface area contributed by atoms with Gasteiger partial charge in [-0.25, -0.2) is 0 Å². The number of benzene rings is 1. The Kier molecular flexibility index (Phi) is 3.87. The van der Waals surface area contributed by atoms with Crippen molar-refractivity contribution in [2.45, 2.75) is 38.3 Å². The van der Waals surface area contributed by atoms with Gasteiger partial charge in [0.2, 0.25) is 11.8 Å². The van der Waals surface area contributed by atoms with E-state index in [1.165, 1.54) is 13.3 Å². The number of carbonyl (C=O) groups excluding carboxylic acids is 2. The highest BCUT2D eigenvalue weighted by molar-refractivity contribution is 6.34. The Balaban J connectivity index is 1.66. The number of anilines is 2. The van der Waals surface area contributed by atoms with Crippen LogP contribution < -0.4 is 16.0 Å². The predicted octanol–water partition coefficient (Wildman–Crippen LogP) is 2.38. The van der Waals surface area contributed by atoms with Crippen molar-refractivity contribution in [3.8, 4) is 0 Å². The molecular formula is C15H18ClN3O2. The summed E-state index contributed by atoms with van der Waals surface area (Å²) in [6.07, 6.45) is 3.16. The second kappa shape index (κ2) is 5.66. The molecule has 2 heterocycles. The van der Waals surface area contributed by atoms with Crippen LogP contribution in [0.1, 0.15) is 26.2 Å². The fourth-order valence-corrected chi connectivity index (χ4v) is 3.46. The zero-order valence-electron chi connectivity index (χ0n) is 11.8. The third-order valence-electron chi connectivity index (χ3n) is 4.18. The molecule has 2 fully saturated rings. The monoisotopic (exact) mass is 307 g/mol. The molecule has 112 valence electrons. The topological polar surface area (TPSA) is 70.2 Å². The third-order valence-corrected chi connectivity index (χ3v) is 4.50. The average Bonchev–Trinajstić information content (AvgIpc) is 3.04. The van der Waals surface area contributed by atoms with E-state index in [9.17, 15) is 9.59 Å². The molecule has 21 heavy (non-hydrogen) atoms. The van der Waals surface area contributed by atoms with Gasteiger partial charge in [-0.2, -0.15) is 0 Å². The summed E-state index contributed by atoms with van der Waals surface area (Å²) in [4.78, 5) is 23.3. The van der Waals surface area contributed by atoms with Gasteiger partial charge in [0.25, 0.3) is 0 Å². The minimum Gasteiger partial charge on any atom is -0.326 e. The zero-order chi connectivity index (χ0) is 15.0. The summed E-state index contributed by atoms with van der Waals surface area (Å²) in [5, 5.41) is 9.41. The Bertz CT molecular complexity index is 590. The predicted molar refractivity (Wildman–Crippen MR) is 82.4 cm³/mol. The van der Waals surface area contributed by atoms with Gasteiger partial charge < -0.3 is 16.0 Å². The number of rotatable bonds is 3. The summed E-state index contributed by atoms with van der Waals surface area (Å²) in [6.45, 7) is 1.42. The summed E-state index contributed by atoms with van der Waals surface area (Å²) in [7, 11) is 0. The van der Waals surface area contributed by atoms with Crippen molar-refractivity contribution in [3.63, 3.8) is 0 Å². The largest absolute Gasteiger partial charge is 0.326 e. The molecular weight excluding hydrogens is 290 g/mol. The molecule has 3 rings (SSSR count). The van der Waals surface area contributed by atoms with E-state index in [1.54, 1.807) is 18.2 Å². The van der Waals surface area contributed by atoms with Crippen LogP contribution in [0.2, 0.25) is 5.02 Å². The highest BCUT2D eigenvalue weighted by atomic mass is 35.5. The number of amides is 2. The highest BCUT2D eigenvalue weighted by Gasteiger charge is 2.42. The van der Waals surface area contributed by atoms with E-state index in [4.69, 9.17) is 11.6 Å². The number of nitrogens with one attached hydrogen (secondary N) is 3. The number of fused-ring (bicyclic) bond motifs is 2. The zero-order valence-corrected chi connectivity index (χ0v) is 12.5. The van der Waals surface area contributed by atoms with Crippen molar-refractivity contribution in [1.82, 2.24) is 5.32 Å². The molecule has 2 aliphatic heterocycles. The first-order chi connectivity index (χ1) is 10.0. The van der Waals surface area contributed by atoms with Crippen molar-refractivity contribution in [2.24, 2.45) is 5.92 Å².